The molecule has 0 atom stereocenters. The van der Waals surface area contributed by atoms with E-state index in [4.69, 9.17) is 16.6 Å². The fraction of sp³-hybridized carbons (Fsp3) is 0.240. The van der Waals surface area contributed by atoms with Gasteiger partial charge in [-0.15, -0.1) is 0 Å². The van der Waals surface area contributed by atoms with E-state index < -0.39 is 11.4 Å². The molecule has 1 aliphatic rings. The Labute approximate surface area is 195 Å². The van der Waals surface area contributed by atoms with Crippen LogP contribution in [0.4, 0.5) is 10.3 Å². The number of anilines is 1. The molecule has 168 valence electrons. The summed E-state index contributed by atoms with van der Waals surface area (Å²) in [6.45, 7) is 3.42. The molecule has 5 rings (SSSR count). The van der Waals surface area contributed by atoms with Crippen molar-refractivity contribution in [3.05, 3.63) is 93.2 Å². The zero-order chi connectivity index (χ0) is 22.8. The molecule has 0 aliphatic carbocycles. The third-order valence-corrected chi connectivity index (χ3v) is 6.12. The molecule has 0 spiro atoms. The zero-order valence-corrected chi connectivity index (χ0v) is 18.7. The summed E-state index contributed by atoms with van der Waals surface area (Å²) >= 11 is 6.40. The predicted octanol–water partition coefficient (Wildman–Crippen LogP) is 4.78. The molecule has 0 amide bonds. The number of nitrogens with one attached hydrogen (secondary N) is 1. The number of para-hydroxylation sites is 1. The SMILES string of the molecule is O=c1c2cc(F)ccc2nc(NCc2cccc(CN3CCCC3)n2)n1-c1ccccc1Cl. The van der Waals surface area contributed by atoms with E-state index in [-0.39, 0.29) is 5.39 Å². The highest BCUT2D eigenvalue weighted by molar-refractivity contribution is 6.32. The maximum Gasteiger partial charge on any atom is 0.267 e. The van der Waals surface area contributed by atoms with Crippen LogP contribution in [-0.2, 0) is 13.1 Å². The molecule has 1 fully saturated rings. The van der Waals surface area contributed by atoms with Gasteiger partial charge in [0.15, 0.2) is 0 Å². The number of halogens is 2. The van der Waals surface area contributed by atoms with Crippen LogP contribution in [-0.4, -0.2) is 32.5 Å². The van der Waals surface area contributed by atoms with Gasteiger partial charge in [-0.3, -0.25) is 14.7 Å². The van der Waals surface area contributed by atoms with Gasteiger partial charge in [-0.05, 0) is 68.4 Å². The molecule has 8 heteroatoms. The fourth-order valence-electron chi connectivity index (χ4n) is 4.19. The van der Waals surface area contributed by atoms with Crippen LogP contribution in [0.25, 0.3) is 16.6 Å². The number of fused-ring (bicyclic) bond motifs is 1. The Balaban J connectivity index is 1.50. The first kappa shape index (κ1) is 21.6. The highest BCUT2D eigenvalue weighted by Gasteiger charge is 2.16. The van der Waals surface area contributed by atoms with Crippen molar-refractivity contribution in [3.8, 4) is 5.69 Å². The molecule has 4 aromatic rings. The number of hydrogen-bond acceptors (Lipinski definition) is 5. The van der Waals surface area contributed by atoms with Gasteiger partial charge < -0.3 is 5.32 Å². The number of rotatable bonds is 6. The summed E-state index contributed by atoms with van der Waals surface area (Å²) < 4.78 is 15.2. The Morgan fingerprint density at radius 1 is 0.970 bits per heavy atom. The molecule has 6 nitrogen and oxygen atoms in total. The zero-order valence-electron chi connectivity index (χ0n) is 18.0. The van der Waals surface area contributed by atoms with E-state index in [1.165, 1.54) is 35.6 Å². The minimum atomic E-state index is -0.494. The second kappa shape index (κ2) is 9.29. The Morgan fingerprint density at radius 3 is 2.58 bits per heavy atom. The van der Waals surface area contributed by atoms with Crippen molar-refractivity contribution < 1.29 is 4.39 Å². The average Bonchev–Trinajstić information content (AvgIpc) is 3.32. The molecule has 0 bridgehead atoms. The van der Waals surface area contributed by atoms with Gasteiger partial charge in [0, 0.05) is 6.54 Å². The summed E-state index contributed by atoms with van der Waals surface area (Å²) in [6, 6.07) is 17.0. The van der Waals surface area contributed by atoms with Gasteiger partial charge in [0.25, 0.3) is 5.56 Å². The summed E-state index contributed by atoms with van der Waals surface area (Å²) in [6.07, 6.45) is 2.47. The lowest BCUT2D eigenvalue weighted by molar-refractivity contribution is 0.327. The molecule has 0 unspecified atom stereocenters. The smallest absolute Gasteiger partial charge is 0.267 e. The van der Waals surface area contributed by atoms with E-state index in [1.807, 2.05) is 18.2 Å². The molecule has 0 radical (unpaired) electrons. The lowest BCUT2D eigenvalue weighted by Gasteiger charge is -2.17. The van der Waals surface area contributed by atoms with E-state index in [0.29, 0.717) is 28.7 Å². The molecule has 0 saturated carbocycles. The molecule has 3 heterocycles. The summed E-state index contributed by atoms with van der Waals surface area (Å²) in [5.41, 5.74) is 2.34. The van der Waals surface area contributed by atoms with Crippen LogP contribution in [0.3, 0.4) is 0 Å². The standard InChI is InChI=1S/C25H23ClFN5O/c26-21-8-1-2-9-23(21)32-24(33)20-14-17(27)10-11-22(20)30-25(32)28-15-18-6-5-7-19(29-18)16-31-12-3-4-13-31/h1-2,5-11,14H,3-4,12-13,15-16H2,(H,28,30). The Bertz CT molecular complexity index is 1370. The van der Waals surface area contributed by atoms with E-state index >= 15 is 0 Å². The van der Waals surface area contributed by atoms with Crippen molar-refractivity contribution >= 4 is 28.5 Å². The predicted molar refractivity (Wildman–Crippen MR) is 128 cm³/mol. The second-order valence-electron chi connectivity index (χ2n) is 8.15. The molecule has 1 saturated heterocycles. The average molecular weight is 464 g/mol. The van der Waals surface area contributed by atoms with E-state index in [9.17, 15) is 9.18 Å². The molecule has 2 aromatic carbocycles. The highest BCUT2D eigenvalue weighted by atomic mass is 35.5. The Hall–Kier alpha value is -3.29. The first-order chi connectivity index (χ1) is 16.1. The number of hydrogen-bond donors (Lipinski definition) is 1. The van der Waals surface area contributed by atoms with Crippen LogP contribution in [0.1, 0.15) is 24.2 Å². The van der Waals surface area contributed by atoms with Crippen LogP contribution in [0, 0.1) is 5.82 Å². The van der Waals surface area contributed by atoms with Crippen LogP contribution in [0.2, 0.25) is 5.02 Å². The number of aromatic nitrogens is 3. The third-order valence-electron chi connectivity index (χ3n) is 5.80. The minimum Gasteiger partial charge on any atom is -0.350 e. The lowest BCUT2D eigenvalue weighted by atomic mass is 10.2. The molecule has 33 heavy (non-hydrogen) atoms. The monoisotopic (exact) mass is 463 g/mol. The number of nitrogens with zero attached hydrogens (tertiary/aromatic N) is 4. The van der Waals surface area contributed by atoms with Gasteiger partial charge in [-0.2, -0.15) is 0 Å². The number of pyridine rings is 1. The van der Waals surface area contributed by atoms with Gasteiger partial charge in [-0.1, -0.05) is 29.8 Å². The summed E-state index contributed by atoms with van der Waals surface area (Å²) in [5, 5.41) is 3.83. The Kier molecular flexibility index (Phi) is 6.07. The normalized spacial score (nSPS) is 14.1. The van der Waals surface area contributed by atoms with Crippen LogP contribution >= 0.6 is 11.6 Å². The highest BCUT2D eigenvalue weighted by Crippen LogP contribution is 2.23. The molecular weight excluding hydrogens is 441 g/mol. The lowest BCUT2D eigenvalue weighted by Crippen LogP contribution is -2.24. The van der Waals surface area contributed by atoms with Crippen molar-refractivity contribution in [1.29, 1.82) is 0 Å². The van der Waals surface area contributed by atoms with Gasteiger partial charge in [-0.25, -0.2) is 13.9 Å². The van der Waals surface area contributed by atoms with Crippen LogP contribution in [0.15, 0.2) is 65.5 Å². The van der Waals surface area contributed by atoms with Crippen molar-refractivity contribution in [2.45, 2.75) is 25.9 Å². The summed E-state index contributed by atoms with van der Waals surface area (Å²) in [7, 11) is 0. The second-order valence-corrected chi connectivity index (χ2v) is 8.55. The van der Waals surface area contributed by atoms with Gasteiger partial charge in [0.05, 0.1) is 39.5 Å². The Morgan fingerprint density at radius 2 is 1.76 bits per heavy atom. The van der Waals surface area contributed by atoms with Gasteiger partial charge >= 0.3 is 0 Å². The molecule has 1 N–H and O–H groups in total. The largest absolute Gasteiger partial charge is 0.350 e. The summed E-state index contributed by atoms with van der Waals surface area (Å²) in [5.74, 6) is -0.175. The van der Waals surface area contributed by atoms with Crippen molar-refractivity contribution in [3.63, 3.8) is 0 Å². The van der Waals surface area contributed by atoms with Gasteiger partial charge in [0.1, 0.15) is 5.82 Å². The van der Waals surface area contributed by atoms with Crippen LogP contribution in [0.5, 0.6) is 0 Å². The minimum absolute atomic E-state index is 0.186. The van der Waals surface area contributed by atoms with Gasteiger partial charge in [0.2, 0.25) is 5.95 Å². The van der Waals surface area contributed by atoms with E-state index in [2.05, 4.69) is 15.2 Å². The maximum atomic E-state index is 13.9. The maximum absolute atomic E-state index is 13.9. The fourth-order valence-corrected chi connectivity index (χ4v) is 4.41. The third kappa shape index (κ3) is 4.60. The van der Waals surface area contributed by atoms with E-state index in [0.717, 1.165) is 31.0 Å². The molecular formula is C25H23ClFN5O. The first-order valence-electron chi connectivity index (χ1n) is 11.0. The molecule has 2 aromatic heterocycles. The quantitative estimate of drug-likeness (QED) is 0.446. The van der Waals surface area contributed by atoms with Crippen molar-refractivity contribution in [2.24, 2.45) is 0 Å². The number of benzene rings is 2. The first-order valence-corrected chi connectivity index (χ1v) is 11.3. The summed E-state index contributed by atoms with van der Waals surface area (Å²) in [4.78, 5) is 25.1. The van der Waals surface area contributed by atoms with Crippen molar-refractivity contribution in [1.82, 2.24) is 19.4 Å². The topological polar surface area (TPSA) is 63.1 Å². The van der Waals surface area contributed by atoms with E-state index in [1.54, 1.807) is 24.3 Å². The number of likely N-dealkylation sites (tertiary alicyclic amines) is 1. The van der Waals surface area contributed by atoms with Crippen molar-refractivity contribution in [2.75, 3.05) is 18.4 Å². The molecule has 1 aliphatic heterocycles. The van der Waals surface area contributed by atoms with Crippen LogP contribution < -0.4 is 10.9 Å².